The van der Waals surface area contributed by atoms with Crippen molar-refractivity contribution in [2.24, 2.45) is 0 Å². The molecule has 108 valence electrons. The number of nitrogens with zero attached hydrogens (tertiary/aromatic N) is 2. The predicted molar refractivity (Wildman–Crippen MR) is 83.8 cm³/mol. The van der Waals surface area contributed by atoms with Crippen LogP contribution in [0.25, 0.3) is 11.5 Å². The fourth-order valence-corrected chi connectivity index (χ4v) is 2.75. The fraction of sp³-hybridized carbons (Fsp3) is 0.429. The SMILES string of the molecule is CCCNC(CC)c1nnc(-c2cc(Cl)cc(Br)c2)o1. The van der Waals surface area contributed by atoms with Gasteiger partial charge in [0.25, 0.3) is 0 Å². The van der Waals surface area contributed by atoms with E-state index in [2.05, 4.69) is 45.3 Å². The molecule has 0 saturated heterocycles. The highest BCUT2D eigenvalue weighted by Crippen LogP contribution is 2.28. The van der Waals surface area contributed by atoms with Crippen molar-refractivity contribution in [2.75, 3.05) is 6.54 Å². The summed E-state index contributed by atoms with van der Waals surface area (Å²) < 4.78 is 6.65. The Hall–Kier alpha value is -0.910. The Morgan fingerprint density at radius 3 is 2.75 bits per heavy atom. The van der Waals surface area contributed by atoms with Gasteiger partial charge in [-0.25, -0.2) is 0 Å². The zero-order valence-electron chi connectivity index (χ0n) is 11.5. The molecule has 0 aliphatic carbocycles. The minimum atomic E-state index is 0.0961. The molecule has 0 bridgehead atoms. The smallest absolute Gasteiger partial charge is 0.247 e. The molecule has 2 rings (SSSR count). The van der Waals surface area contributed by atoms with Crippen molar-refractivity contribution in [3.05, 3.63) is 33.6 Å². The normalized spacial score (nSPS) is 12.6. The lowest BCUT2D eigenvalue weighted by Crippen LogP contribution is -2.21. The molecule has 1 N–H and O–H groups in total. The molecule has 0 aliphatic heterocycles. The van der Waals surface area contributed by atoms with Crippen LogP contribution in [-0.2, 0) is 0 Å². The first-order valence-electron chi connectivity index (χ1n) is 6.67. The molecule has 1 unspecified atom stereocenters. The zero-order valence-corrected chi connectivity index (χ0v) is 13.8. The van der Waals surface area contributed by atoms with Gasteiger partial charge < -0.3 is 9.73 Å². The number of hydrogen-bond donors (Lipinski definition) is 1. The van der Waals surface area contributed by atoms with E-state index in [1.807, 2.05) is 18.2 Å². The standard InChI is InChI=1S/C14H17BrClN3O/c1-3-5-17-12(4-2)14-19-18-13(20-14)9-6-10(15)8-11(16)7-9/h6-8,12,17H,3-5H2,1-2H3. The van der Waals surface area contributed by atoms with Gasteiger partial charge >= 0.3 is 0 Å². The predicted octanol–water partition coefficient (Wildman–Crippen LogP) is 4.60. The monoisotopic (exact) mass is 357 g/mol. The van der Waals surface area contributed by atoms with E-state index in [0.717, 1.165) is 29.4 Å². The van der Waals surface area contributed by atoms with Gasteiger partial charge in [0.1, 0.15) is 0 Å². The van der Waals surface area contributed by atoms with E-state index >= 15 is 0 Å². The zero-order chi connectivity index (χ0) is 14.5. The van der Waals surface area contributed by atoms with Crippen LogP contribution in [0.4, 0.5) is 0 Å². The number of aromatic nitrogens is 2. The molecule has 1 aromatic carbocycles. The molecule has 0 radical (unpaired) electrons. The largest absolute Gasteiger partial charge is 0.419 e. The third kappa shape index (κ3) is 3.81. The van der Waals surface area contributed by atoms with E-state index in [1.54, 1.807) is 0 Å². The minimum Gasteiger partial charge on any atom is -0.419 e. The number of hydrogen-bond acceptors (Lipinski definition) is 4. The van der Waals surface area contributed by atoms with Gasteiger partial charge in [-0.05, 0) is 37.6 Å². The summed E-state index contributed by atoms with van der Waals surface area (Å²) in [5, 5.41) is 12.3. The Morgan fingerprint density at radius 1 is 1.30 bits per heavy atom. The summed E-state index contributed by atoms with van der Waals surface area (Å²) in [7, 11) is 0. The second kappa shape index (κ2) is 7.20. The van der Waals surface area contributed by atoms with Crippen LogP contribution >= 0.6 is 27.5 Å². The first kappa shape index (κ1) is 15.5. The molecule has 6 heteroatoms. The molecule has 1 atom stereocenters. The van der Waals surface area contributed by atoms with Gasteiger partial charge in [-0.15, -0.1) is 10.2 Å². The lowest BCUT2D eigenvalue weighted by atomic mass is 10.2. The summed E-state index contributed by atoms with van der Waals surface area (Å²) in [6, 6.07) is 5.63. The molecular formula is C14H17BrClN3O. The highest BCUT2D eigenvalue weighted by atomic mass is 79.9. The number of rotatable bonds is 6. The lowest BCUT2D eigenvalue weighted by Gasteiger charge is -2.11. The van der Waals surface area contributed by atoms with Crippen LogP contribution in [0.15, 0.2) is 27.1 Å². The summed E-state index contributed by atoms with van der Waals surface area (Å²) >= 11 is 9.44. The van der Waals surface area contributed by atoms with Crippen LogP contribution in [0.2, 0.25) is 5.02 Å². The number of benzene rings is 1. The molecule has 0 amide bonds. The summed E-state index contributed by atoms with van der Waals surface area (Å²) in [4.78, 5) is 0. The second-order valence-electron chi connectivity index (χ2n) is 4.52. The summed E-state index contributed by atoms with van der Waals surface area (Å²) in [5.74, 6) is 1.10. The molecule has 0 saturated carbocycles. The molecular weight excluding hydrogens is 342 g/mol. The topological polar surface area (TPSA) is 51.0 Å². The van der Waals surface area contributed by atoms with E-state index in [9.17, 15) is 0 Å². The van der Waals surface area contributed by atoms with Crippen LogP contribution in [0.3, 0.4) is 0 Å². The molecule has 0 fully saturated rings. The molecule has 20 heavy (non-hydrogen) atoms. The maximum Gasteiger partial charge on any atom is 0.247 e. The summed E-state index contributed by atoms with van der Waals surface area (Å²) in [6.45, 7) is 5.15. The Bertz CT molecular complexity index is 553. The van der Waals surface area contributed by atoms with E-state index in [4.69, 9.17) is 16.0 Å². The quantitative estimate of drug-likeness (QED) is 0.819. The Labute approximate surface area is 132 Å². The van der Waals surface area contributed by atoms with Gasteiger partial charge in [0.05, 0.1) is 6.04 Å². The molecule has 4 nitrogen and oxygen atoms in total. The highest BCUT2D eigenvalue weighted by Gasteiger charge is 2.17. The number of nitrogens with one attached hydrogen (secondary N) is 1. The third-order valence-corrected chi connectivity index (χ3v) is 3.57. The van der Waals surface area contributed by atoms with Gasteiger partial charge in [0.15, 0.2) is 0 Å². The molecule has 1 aromatic heterocycles. The third-order valence-electron chi connectivity index (χ3n) is 2.90. The average molecular weight is 359 g/mol. The van der Waals surface area contributed by atoms with Crippen LogP contribution < -0.4 is 5.32 Å². The van der Waals surface area contributed by atoms with Gasteiger partial charge in [-0.2, -0.15) is 0 Å². The highest BCUT2D eigenvalue weighted by molar-refractivity contribution is 9.10. The summed E-state index contributed by atoms with van der Waals surface area (Å²) in [5.41, 5.74) is 0.813. The first-order valence-corrected chi connectivity index (χ1v) is 7.84. The minimum absolute atomic E-state index is 0.0961. The van der Waals surface area contributed by atoms with Crippen LogP contribution in [0.1, 0.15) is 38.6 Å². The molecule has 0 aliphatic rings. The molecule has 2 aromatic rings. The Morgan fingerprint density at radius 2 is 2.10 bits per heavy atom. The Kier molecular flexibility index (Phi) is 5.57. The van der Waals surface area contributed by atoms with E-state index in [0.29, 0.717) is 16.8 Å². The van der Waals surface area contributed by atoms with Crippen molar-refractivity contribution in [2.45, 2.75) is 32.7 Å². The maximum absolute atomic E-state index is 6.03. The van der Waals surface area contributed by atoms with Crippen molar-refractivity contribution in [1.82, 2.24) is 15.5 Å². The van der Waals surface area contributed by atoms with E-state index in [-0.39, 0.29) is 6.04 Å². The number of halogens is 2. The fourth-order valence-electron chi connectivity index (χ4n) is 1.89. The lowest BCUT2D eigenvalue weighted by molar-refractivity contribution is 0.396. The van der Waals surface area contributed by atoms with E-state index < -0.39 is 0 Å². The second-order valence-corrected chi connectivity index (χ2v) is 5.87. The summed E-state index contributed by atoms with van der Waals surface area (Å²) in [6.07, 6.45) is 1.97. The molecule has 1 heterocycles. The van der Waals surface area contributed by atoms with Crippen LogP contribution in [0.5, 0.6) is 0 Å². The van der Waals surface area contributed by atoms with Crippen molar-refractivity contribution in [1.29, 1.82) is 0 Å². The van der Waals surface area contributed by atoms with Gasteiger partial charge in [0.2, 0.25) is 11.8 Å². The van der Waals surface area contributed by atoms with E-state index in [1.165, 1.54) is 0 Å². The van der Waals surface area contributed by atoms with Gasteiger partial charge in [-0.1, -0.05) is 41.4 Å². The van der Waals surface area contributed by atoms with Crippen molar-refractivity contribution in [3.63, 3.8) is 0 Å². The van der Waals surface area contributed by atoms with Crippen molar-refractivity contribution < 1.29 is 4.42 Å². The van der Waals surface area contributed by atoms with Crippen molar-refractivity contribution >= 4 is 27.5 Å². The first-order chi connectivity index (χ1) is 9.63. The molecule has 0 spiro atoms. The average Bonchev–Trinajstić information content (AvgIpc) is 2.88. The van der Waals surface area contributed by atoms with Gasteiger partial charge in [0, 0.05) is 15.1 Å². The van der Waals surface area contributed by atoms with Crippen LogP contribution in [-0.4, -0.2) is 16.7 Å². The van der Waals surface area contributed by atoms with Crippen LogP contribution in [0, 0.1) is 0 Å². The maximum atomic E-state index is 6.03. The van der Waals surface area contributed by atoms with Crippen molar-refractivity contribution in [3.8, 4) is 11.5 Å². The Balaban J connectivity index is 2.23. The van der Waals surface area contributed by atoms with Gasteiger partial charge in [-0.3, -0.25) is 0 Å².